The molecule has 0 aliphatic heterocycles. The van der Waals surface area contributed by atoms with Crippen LogP contribution in [0.1, 0.15) is 11.1 Å². The van der Waals surface area contributed by atoms with Crippen LogP contribution in [0.5, 0.6) is 0 Å². The van der Waals surface area contributed by atoms with Crippen molar-refractivity contribution in [2.24, 2.45) is 0 Å². The molecule has 2 aromatic carbocycles. The topological polar surface area (TPSA) is 97.1 Å². The third kappa shape index (κ3) is 2.55. The molecule has 0 atom stereocenters. The predicted octanol–water partition coefficient (Wildman–Crippen LogP) is 4.12. The van der Waals surface area contributed by atoms with E-state index in [-0.39, 0.29) is 11.3 Å². The molecule has 7 nitrogen and oxygen atoms in total. The minimum Gasteiger partial charge on any atom is -0.270 e. The quantitative estimate of drug-likeness (QED) is 0.402. The Kier molecular flexibility index (Phi) is 3.78. The van der Waals surface area contributed by atoms with E-state index in [9.17, 15) is 10.1 Å². The molecule has 126 valence electrons. The minimum atomic E-state index is -0.491. The van der Waals surface area contributed by atoms with Crippen LogP contribution >= 0.6 is 11.8 Å². The maximum Gasteiger partial charge on any atom is 0.284 e. The van der Waals surface area contributed by atoms with E-state index in [0.29, 0.717) is 15.7 Å². The first kappa shape index (κ1) is 16.1. The Labute approximate surface area is 152 Å². The first-order valence-electron chi connectivity index (χ1n) is 7.68. The summed E-state index contributed by atoms with van der Waals surface area (Å²) < 4.78 is 1.88. The van der Waals surface area contributed by atoms with Gasteiger partial charge in [0.25, 0.3) is 5.69 Å². The summed E-state index contributed by atoms with van der Waals surface area (Å²) in [6.07, 6.45) is 0. The van der Waals surface area contributed by atoms with Crippen molar-refractivity contribution >= 4 is 34.0 Å². The van der Waals surface area contributed by atoms with E-state index in [4.69, 9.17) is 5.26 Å². The van der Waals surface area contributed by atoms with Crippen LogP contribution in [0.3, 0.4) is 0 Å². The lowest BCUT2D eigenvalue weighted by Crippen LogP contribution is -1.95. The van der Waals surface area contributed by atoms with Gasteiger partial charge >= 0.3 is 0 Å². The fourth-order valence-corrected chi connectivity index (χ4v) is 3.79. The molecule has 8 heteroatoms. The zero-order valence-corrected chi connectivity index (χ0v) is 14.4. The second-order valence-corrected chi connectivity index (χ2v) is 6.68. The van der Waals surface area contributed by atoms with Gasteiger partial charge in [0.05, 0.1) is 27.0 Å². The molecule has 2 aromatic heterocycles. The highest BCUT2D eigenvalue weighted by molar-refractivity contribution is 7.99. The summed E-state index contributed by atoms with van der Waals surface area (Å²) in [4.78, 5) is 11.3. The first-order chi connectivity index (χ1) is 12.6. The number of nitriles is 1. The van der Waals surface area contributed by atoms with Gasteiger partial charge in [-0.2, -0.15) is 5.26 Å². The van der Waals surface area contributed by atoms with Crippen LogP contribution in [-0.2, 0) is 0 Å². The Morgan fingerprint density at radius 1 is 1.19 bits per heavy atom. The first-order valence-corrected chi connectivity index (χ1v) is 8.50. The van der Waals surface area contributed by atoms with Crippen molar-refractivity contribution < 1.29 is 4.92 Å². The molecule has 0 saturated heterocycles. The lowest BCUT2D eigenvalue weighted by Gasteiger charge is -2.07. The summed E-state index contributed by atoms with van der Waals surface area (Å²) in [5, 5.41) is 30.4. The molecule has 4 aromatic rings. The predicted molar refractivity (Wildman–Crippen MR) is 97.2 cm³/mol. The molecule has 0 amide bonds. The maximum atomic E-state index is 11.4. The van der Waals surface area contributed by atoms with Gasteiger partial charge in [-0.25, -0.2) is 0 Å². The molecule has 0 bridgehead atoms. The van der Waals surface area contributed by atoms with Crippen LogP contribution in [0.25, 0.3) is 16.6 Å². The van der Waals surface area contributed by atoms with Gasteiger partial charge in [-0.1, -0.05) is 18.2 Å². The number of aryl methyl sites for hydroxylation is 1. The molecule has 0 unspecified atom stereocenters. The monoisotopic (exact) mass is 361 g/mol. The van der Waals surface area contributed by atoms with E-state index in [1.54, 1.807) is 12.1 Å². The van der Waals surface area contributed by atoms with Gasteiger partial charge in [0.1, 0.15) is 0 Å². The van der Waals surface area contributed by atoms with E-state index in [0.717, 1.165) is 28.2 Å². The van der Waals surface area contributed by atoms with Crippen LogP contribution < -0.4 is 0 Å². The highest BCUT2D eigenvalue weighted by Gasteiger charge is 2.19. The van der Waals surface area contributed by atoms with Gasteiger partial charge in [0.15, 0.2) is 5.65 Å². The van der Waals surface area contributed by atoms with E-state index >= 15 is 0 Å². The molecule has 0 saturated carbocycles. The largest absolute Gasteiger partial charge is 0.284 e. The number of nitrogens with zero attached hydrogens (tertiary/aromatic N) is 5. The lowest BCUT2D eigenvalue weighted by molar-refractivity contribution is -0.387. The van der Waals surface area contributed by atoms with Gasteiger partial charge in [-0.3, -0.25) is 14.5 Å². The average molecular weight is 361 g/mol. The number of pyridine rings is 1. The molecule has 0 spiro atoms. The van der Waals surface area contributed by atoms with Gasteiger partial charge in [-0.05, 0) is 48.5 Å². The third-order valence-electron chi connectivity index (χ3n) is 4.06. The van der Waals surface area contributed by atoms with Crippen LogP contribution in [-0.4, -0.2) is 19.5 Å². The number of hydrogen-bond donors (Lipinski definition) is 0. The fraction of sp³-hybridized carbons (Fsp3) is 0.0556. The van der Waals surface area contributed by atoms with Gasteiger partial charge in [0.2, 0.25) is 5.16 Å². The number of fused-ring (bicyclic) bond motifs is 3. The Morgan fingerprint density at radius 2 is 2.00 bits per heavy atom. The number of rotatable bonds is 3. The van der Waals surface area contributed by atoms with Crippen LogP contribution in [0.2, 0.25) is 0 Å². The van der Waals surface area contributed by atoms with Crippen molar-refractivity contribution in [3.8, 4) is 6.07 Å². The summed E-state index contributed by atoms with van der Waals surface area (Å²) in [5.74, 6) is 0. The van der Waals surface area contributed by atoms with E-state index in [1.165, 1.54) is 6.07 Å². The molecule has 26 heavy (non-hydrogen) atoms. The van der Waals surface area contributed by atoms with Gasteiger partial charge in [-0.15, -0.1) is 10.2 Å². The zero-order chi connectivity index (χ0) is 18.3. The molecule has 2 heterocycles. The van der Waals surface area contributed by atoms with E-state index in [1.807, 2.05) is 47.7 Å². The number of nitro groups is 1. The van der Waals surface area contributed by atoms with Crippen molar-refractivity contribution in [2.45, 2.75) is 17.0 Å². The highest BCUT2D eigenvalue weighted by Crippen LogP contribution is 2.36. The van der Waals surface area contributed by atoms with Crippen molar-refractivity contribution in [3.05, 3.63) is 69.8 Å². The number of aromatic nitrogens is 3. The van der Waals surface area contributed by atoms with Crippen molar-refractivity contribution in [1.29, 1.82) is 5.26 Å². The third-order valence-corrected chi connectivity index (χ3v) is 5.07. The Bertz CT molecular complexity index is 1230. The Morgan fingerprint density at radius 3 is 2.77 bits per heavy atom. The summed E-state index contributed by atoms with van der Waals surface area (Å²) in [7, 11) is 0. The molecule has 0 radical (unpaired) electrons. The average Bonchev–Trinajstić information content (AvgIpc) is 3.04. The van der Waals surface area contributed by atoms with E-state index < -0.39 is 4.92 Å². The Balaban J connectivity index is 1.91. The molecule has 0 aliphatic rings. The molecule has 0 fully saturated rings. The van der Waals surface area contributed by atoms with Crippen molar-refractivity contribution in [1.82, 2.24) is 14.6 Å². The van der Waals surface area contributed by atoms with Crippen molar-refractivity contribution in [3.63, 3.8) is 0 Å². The van der Waals surface area contributed by atoms with Crippen LogP contribution in [0.15, 0.2) is 58.6 Å². The number of para-hydroxylation sites is 1. The molecular weight excluding hydrogens is 350 g/mol. The molecule has 0 N–H and O–H groups in total. The maximum absolute atomic E-state index is 11.4. The zero-order valence-electron chi connectivity index (χ0n) is 13.6. The molecule has 0 aliphatic carbocycles. The highest BCUT2D eigenvalue weighted by atomic mass is 32.2. The van der Waals surface area contributed by atoms with Crippen LogP contribution in [0.4, 0.5) is 5.69 Å². The summed E-state index contributed by atoms with van der Waals surface area (Å²) in [5.41, 5.74) is 2.82. The number of benzene rings is 2. The summed E-state index contributed by atoms with van der Waals surface area (Å²) in [6.45, 7) is 2.01. The number of nitro benzene ring substituents is 1. The lowest BCUT2D eigenvalue weighted by atomic mass is 10.1. The summed E-state index contributed by atoms with van der Waals surface area (Å²) in [6, 6.07) is 16.1. The SMILES string of the molecule is Cc1cc2nnc(Sc3ccc(C#N)cc3[N+](=O)[O-])n2c2ccccc12. The second-order valence-electron chi connectivity index (χ2n) is 5.67. The molecule has 4 rings (SSSR count). The summed E-state index contributed by atoms with van der Waals surface area (Å²) >= 11 is 1.16. The standard InChI is InChI=1S/C18H11N5O2S/c1-11-8-17-20-21-18(22(17)14-5-3-2-4-13(11)14)26-16-7-6-12(10-19)9-15(16)23(24)25/h2-9H,1H3. The molecular formula is C18H11N5O2S. The smallest absolute Gasteiger partial charge is 0.270 e. The van der Waals surface area contributed by atoms with Gasteiger partial charge in [0, 0.05) is 11.5 Å². The second kappa shape index (κ2) is 6.13. The van der Waals surface area contributed by atoms with Gasteiger partial charge < -0.3 is 0 Å². The fourth-order valence-electron chi connectivity index (χ4n) is 2.86. The number of hydrogen-bond acceptors (Lipinski definition) is 6. The normalized spacial score (nSPS) is 10.9. The van der Waals surface area contributed by atoms with Crippen molar-refractivity contribution in [2.75, 3.05) is 0 Å². The van der Waals surface area contributed by atoms with E-state index in [2.05, 4.69) is 10.2 Å². The van der Waals surface area contributed by atoms with Crippen LogP contribution in [0, 0.1) is 28.4 Å². The Hall–Kier alpha value is -3.44. The minimum absolute atomic E-state index is 0.123.